The van der Waals surface area contributed by atoms with Crippen LogP contribution in [0, 0.1) is 5.82 Å². The minimum absolute atomic E-state index is 0.0697. The Morgan fingerprint density at radius 3 is 2.80 bits per heavy atom. The van der Waals surface area contributed by atoms with Crippen molar-refractivity contribution in [1.29, 1.82) is 0 Å². The van der Waals surface area contributed by atoms with Crippen LogP contribution in [0.2, 0.25) is 0 Å². The summed E-state index contributed by atoms with van der Waals surface area (Å²) in [5.41, 5.74) is 2.61. The van der Waals surface area contributed by atoms with E-state index in [1.165, 1.54) is 6.07 Å². The van der Waals surface area contributed by atoms with Crippen molar-refractivity contribution in [2.24, 2.45) is 7.05 Å². The molecule has 2 aromatic heterocycles. The molecule has 0 unspecified atom stereocenters. The molecule has 0 aliphatic heterocycles. The fraction of sp³-hybridized carbons (Fsp3) is 0.429. The molecule has 1 saturated carbocycles. The molecule has 0 spiro atoms. The molecule has 30 heavy (non-hydrogen) atoms. The summed E-state index contributed by atoms with van der Waals surface area (Å²) < 4.78 is 16.5. The monoisotopic (exact) mass is 412 g/mol. The zero-order valence-corrected chi connectivity index (χ0v) is 17.2. The Labute approximate surface area is 173 Å². The number of benzene rings is 1. The van der Waals surface area contributed by atoms with Crippen molar-refractivity contribution < 1.29 is 14.3 Å². The molecular weight excluding hydrogens is 387 g/mol. The van der Waals surface area contributed by atoms with Gasteiger partial charge in [-0.05, 0) is 43.4 Å². The van der Waals surface area contributed by atoms with Crippen LogP contribution in [0.15, 0.2) is 24.4 Å². The molecule has 1 aromatic carbocycles. The highest BCUT2D eigenvalue weighted by Crippen LogP contribution is 2.31. The molecule has 0 radical (unpaired) electrons. The van der Waals surface area contributed by atoms with Crippen molar-refractivity contribution in [2.75, 3.05) is 5.32 Å². The molecule has 9 heteroatoms. The van der Waals surface area contributed by atoms with Crippen molar-refractivity contribution in [3.05, 3.63) is 35.9 Å². The van der Waals surface area contributed by atoms with E-state index < -0.39 is 6.09 Å². The highest BCUT2D eigenvalue weighted by molar-refractivity contribution is 5.87. The number of anilines is 1. The molecule has 3 aromatic rings. The van der Waals surface area contributed by atoms with Crippen molar-refractivity contribution in [3.63, 3.8) is 0 Å². The average Bonchev–Trinajstić information content (AvgIpc) is 3.24. The molecule has 1 fully saturated rings. The summed E-state index contributed by atoms with van der Waals surface area (Å²) in [7, 11) is 1.83. The molecule has 2 atom stereocenters. The van der Waals surface area contributed by atoms with Gasteiger partial charge in [-0.1, -0.05) is 13.8 Å². The lowest BCUT2D eigenvalue weighted by molar-refractivity contribution is 0.190. The van der Waals surface area contributed by atoms with Gasteiger partial charge in [-0.2, -0.15) is 5.10 Å². The number of aromatic nitrogens is 4. The maximum Gasteiger partial charge on any atom is 0.404 e. The first-order valence-corrected chi connectivity index (χ1v) is 10.1. The summed E-state index contributed by atoms with van der Waals surface area (Å²) >= 11 is 0. The van der Waals surface area contributed by atoms with E-state index in [1.54, 1.807) is 16.9 Å². The molecule has 1 aliphatic carbocycles. The van der Waals surface area contributed by atoms with Gasteiger partial charge in [0.2, 0.25) is 5.95 Å². The van der Waals surface area contributed by atoms with Gasteiger partial charge in [-0.3, -0.25) is 4.68 Å². The summed E-state index contributed by atoms with van der Waals surface area (Å²) in [6, 6.07) is 5.14. The van der Waals surface area contributed by atoms with Crippen molar-refractivity contribution in [1.82, 2.24) is 25.1 Å². The van der Waals surface area contributed by atoms with E-state index in [2.05, 4.69) is 39.5 Å². The number of fused-ring (bicyclic) bond motifs is 1. The topological polar surface area (TPSA) is 105 Å². The van der Waals surface area contributed by atoms with Crippen LogP contribution >= 0.6 is 0 Å². The number of nitrogens with one attached hydrogen (secondary N) is 2. The van der Waals surface area contributed by atoms with Gasteiger partial charge < -0.3 is 15.7 Å². The number of hydrogen-bond donors (Lipinski definition) is 3. The van der Waals surface area contributed by atoms with Crippen molar-refractivity contribution in [3.8, 4) is 11.3 Å². The average molecular weight is 412 g/mol. The summed E-state index contributed by atoms with van der Waals surface area (Å²) in [5.74, 6) is 0.271. The minimum Gasteiger partial charge on any atom is -0.465 e. The fourth-order valence-electron chi connectivity index (χ4n) is 4.30. The SMILES string of the molecule is CC(C)c1c2cc(-c3ccnc(N[C@H]4CC[C@H](NC(=O)O)C4)n3)cc(F)c2nn1C. The number of carbonyl (C=O) groups is 1. The largest absolute Gasteiger partial charge is 0.465 e. The van der Waals surface area contributed by atoms with Gasteiger partial charge in [0.15, 0.2) is 5.82 Å². The van der Waals surface area contributed by atoms with Gasteiger partial charge in [0, 0.05) is 42.0 Å². The van der Waals surface area contributed by atoms with Crippen molar-refractivity contribution in [2.45, 2.75) is 51.1 Å². The summed E-state index contributed by atoms with van der Waals surface area (Å²) in [6.45, 7) is 4.11. The Morgan fingerprint density at radius 2 is 2.07 bits per heavy atom. The third kappa shape index (κ3) is 3.92. The number of hydrogen-bond acceptors (Lipinski definition) is 5. The summed E-state index contributed by atoms with van der Waals surface area (Å²) in [5, 5.41) is 19.8. The molecule has 158 valence electrons. The quantitative estimate of drug-likeness (QED) is 0.587. The summed E-state index contributed by atoms with van der Waals surface area (Å²) in [4.78, 5) is 19.7. The smallest absolute Gasteiger partial charge is 0.404 e. The molecule has 8 nitrogen and oxygen atoms in total. The van der Waals surface area contributed by atoms with E-state index in [1.807, 2.05) is 13.1 Å². The minimum atomic E-state index is -1.01. The van der Waals surface area contributed by atoms with Gasteiger partial charge in [-0.25, -0.2) is 19.2 Å². The van der Waals surface area contributed by atoms with Gasteiger partial charge >= 0.3 is 6.09 Å². The van der Waals surface area contributed by atoms with E-state index in [9.17, 15) is 9.18 Å². The Morgan fingerprint density at radius 1 is 1.30 bits per heavy atom. The first-order chi connectivity index (χ1) is 14.3. The molecule has 1 aliphatic rings. The highest BCUT2D eigenvalue weighted by atomic mass is 19.1. The van der Waals surface area contributed by atoms with Crippen LogP contribution in [0.5, 0.6) is 0 Å². The Balaban J connectivity index is 1.60. The maximum absolute atomic E-state index is 14.8. The van der Waals surface area contributed by atoms with Crippen LogP contribution in [0.4, 0.5) is 15.1 Å². The normalized spacial score (nSPS) is 18.8. The molecule has 0 saturated heterocycles. The lowest BCUT2D eigenvalue weighted by atomic mass is 10.0. The fourth-order valence-corrected chi connectivity index (χ4v) is 4.30. The lowest BCUT2D eigenvalue weighted by Gasteiger charge is -2.14. The van der Waals surface area contributed by atoms with E-state index >= 15 is 0 Å². The second-order valence-electron chi connectivity index (χ2n) is 8.08. The molecule has 4 rings (SSSR count). The van der Waals surface area contributed by atoms with E-state index in [-0.39, 0.29) is 23.8 Å². The zero-order valence-electron chi connectivity index (χ0n) is 17.2. The predicted octanol–water partition coefficient (Wildman–Crippen LogP) is 3.89. The van der Waals surface area contributed by atoms with Crippen LogP contribution in [0.25, 0.3) is 22.2 Å². The standard InChI is InChI=1S/C21H25FN6O2/c1-11(2)19-15-8-12(9-16(22)18(15)27-28(19)3)17-6-7-23-20(26-17)24-13-4-5-14(10-13)25-21(29)30/h6-9,11,13-14,25H,4-5,10H2,1-3H3,(H,29,30)(H,23,24,26)/t13-,14-/m0/s1. The van der Waals surface area contributed by atoms with Gasteiger partial charge in [0.25, 0.3) is 0 Å². The Hall–Kier alpha value is -3.23. The Bertz CT molecular complexity index is 1100. The third-order valence-electron chi connectivity index (χ3n) is 5.53. The Kier molecular flexibility index (Phi) is 5.27. The number of nitrogens with zero attached hydrogens (tertiary/aromatic N) is 4. The first kappa shape index (κ1) is 20.1. The van der Waals surface area contributed by atoms with E-state index in [0.717, 1.165) is 23.9 Å². The third-order valence-corrected chi connectivity index (χ3v) is 5.53. The highest BCUT2D eigenvalue weighted by Gasteiger charge is 2.26. The zero-order chi connectivity index (χ0) is 21.4. The van der Waals surface area contributed by atoms with E-state index in [0.29, 0.717) is 29.1 Å². The van der Waals surface area contributed by atoms with Crippen molar-refractivity contribution >= 4 is 22.9 Å². The molecule has 1 amide bonds. The number of halogens is 1. The molecule has 0 bridgehead atoms. The lowest BCUT2D eigenvalue weighted by Crippen LogP contribution is -2.32. The number of rotatable bonds is 5. The number of aryl methyl sites for hydroxylation is 1. The van der Waals surface area contributed by atoms with Gasteiger partial charge in [0.1, 0.15) is 5.52 Å². The van der Waals surface area contributed by atoms with Crippen LogP contribution in [0.3, 0.4) is 0 Å². The second-order valence-corrected chi connectivity index (χ2v) is 8.08. The predicted molar refractivity (Wildman–Crippen MR) is 112 cm³/mol. The van der Waals surface area contributed by atoms with Crippen LogP contribution < -0.4 is 10.6 Å². The van der Waals surface area contributed by atoms with Crippen LogP contribution in [-0.4, -0.2) is 43.0 Å². The first-order valence-electron chi connectivity index (χ1n) is 10.1. The van der Waals surface area contributed by atoms with E-state index in [4.69, 9.17) is 5.11 Å². The van der Waals surface area contributed by atoms with Gasteiger partial charge in [0.05, 0.1) is 5.69 Å². The molecular formula is C21H25FN6O2. The number of amides is 1. The second kappa shape index (κ2) is 7.89. The molecule has 2 heterocycles. The number of carboxylic acid groups (broad SMARTS) is 1. The van der Waals surface area contributed by atoms with Crippen LogP contribution in [-0.2, 0) is 7.05 Å². The van der Waals surface area contributed by atoms with Gasteiger partial charge in [-0.15, -0.1) is 0 Å². The maximum atomic E-state index is 14.8. The summed E-state index contributed by atoms with van der Waals surface area (Å²) in [6.07, 6.45) is 2.90. The van der Waals surface area contributed by atoms with Crippen LogP contribution in [0.1, 0.15) is 44.7 Å². The molecule has 3 N–H and O–H groups in total.